The number of thioether (sulfide) groups is 1. The fraction of sp³-hybridized carbons (Fsp3) is 0.125. The molecule has 0 bridgehead atoms. The van der Waals surface area contributed by atoms with Gasteiger partial charge >= 0.3 is 6.09 Å². The maximum atomic E-state index is 11.3. The molecule has 2 aromatic rings. The summed E-state index contributed by atoms with van der Waals surface area (Å²) >= 11 is 6.41. The highest BCUT2D eigenvalue weighted by Gasteiger charge is 2.16. The summed E-state index contributed by atoms with van der Waals surface area (Å²) in [6.45, 7) is 0. The first-order chi connectivity index (χ1) is 12.0. The van der Waals surface area contributed by atoms with Gasteiger partial charge in [-0.05, 0) is 29.9 Å². The number of methoxy groups -OCH3 is 1. The van der Waals surface area contributed by atoms with Gasteiger partial charge in [0.25, 0.3) is 5.69 Å². The normalized spacial score (nSPS) is 9.96. The van der Waals surface area contributed by atoms with Gasteiger partial charge in [0.1, 0.15) is 5.69 Å². The molecule has 0 atom stereocenters. The first-order valence-electron chi connectivity index (χ1n) is 7.10. The molecule has 0 radical (unpaired) electrons. The Morgan fingerprint density at radius 1 is 1.28 bits per heavy atom. The molecule has 25 heavy (non-hydrogen) atoms. The summed E-state index contributed by atoms with van der Waals surface area (Å²) in [5, 5.41) is 16.1. The number of thiocarbonyl (C=S) groups is 1. The zero-order chi connectivity index (χ0) is 18.2. The predicted molar refractivity (Wildman–Crippen MR) is 101 cm³/mol. The lowest BCUT2D eigenvalue weighted by molar-refractivity contribution is -0.384. The molecule has 0 aromatic heterocycles. The van der Waals surface area contributed by atoms with Gasteiger partial charge in [-0.1, -0.05) is 30.3 Å². The monoisotopic (exact) mass is 377 g/mol. The van der Waals surface area contributed by atoms with Crippen LogP contribution >= 0.6 is 24.0 Å². The van der Waals surface area contributed by atoms with Crippen LogP contribution in [0.5, 0.6) is 0 Å². The van der Waals surface area contributed by atoms with Crippen LogP contribution in [0.15, 0.2) is 53.4 Å². The number of carbonyl (C=O) groups is 1. The van der Waals surface area contributed by atoms with Crippen molar-refractivity contribution < 1.29 is 14.5 Å². The summed E-state index contributed by atoms with van der Waals surface area (Å²) in [5.41, 5.74) is 1.18. The summed E-state index contributed by atoms with van der Waals surface area (Å²) in [6, 6.07) is 14.6. The first-order valence-corrected chi connectivity index (χ1v) is 8.50. The molecule has 0 saturated carbocycles. The Morgan fingerprint density at radius 2 is 2.00 bits per heavy atom. The summed E-state index contributed by atoms with van der Waals surface area (Å²) in [7, 11) is 1.19. The second-order valence-electron chi connectivity index (χ2n) is 4.78. The van der Waals surface area contributed by atoms with Crippen LogP contribution in [0, 0.1) is 10.1 Å². The lowest BCUT2D eigenvalue weighted by Gasteiger charge is -2.10. The Labute approximate surface area is 153 Å². The topological polar surface area (TPSA) is 93.5 Å². The van der Waals surface area contributed by atoms with E-state index in [0.717, 1.165) is 10.5 Å². The fourth-order valence-electron chi connectivity index (χ4n) is 1.90. The first kappa shape index (κ1) is 18.7. The molecule has 0 spiro atoms. The van der Waals surface area contributed by atoms with Crippen LogP contribution in [0.1, 0.15) is 5.56 Å². The number of rotatable bonds is 5. The molecule has 0 aliphatic heterocycles. The van der Waals surface area contributed by atoms with Gasteiger partial charge in [0, 0.05) is 16.7 Å². The maximum Gasteiger partial charge on any atom is 0.413 e. The number of hydrogen-bond acceptors (Lipinski definition) is 6. The van der Waals surface area contributed by atoms with Crippen LogP contribution in [0.25, 0.3) is 0 Å². The number of nitro groups is 1. The highest BCUT2D eigenvalue weighted by atomic mass is 32.2. The smallest absolute Gasteiger partial charge is 0.413 e. The molecule has 2 aromatic carbocycles. The van der Waals surface area contributed by atoms with E-state index < -0.39 is 11.0 Å². The standard InChI is InChI=1S/C16H15N3O4S2/c1-23-16(20)18-15(24)17-13-8-7-12(9-14(13)19(21)22)25-10-11-5-3-2-4-6-11/h2-9H,10H2,1H3,(H2,17,18,20,24). The highest BCUT2D eigenvalue weighted by molar-refractivity contribution is 7.98. The summed E-state index contributed by atoms with van der Waals surface area (Å²) in [5.74, 6) is 0.701. The predicted octanol–water partition coefficient (Wildman–Crippen LogP) is 3.94. The number of benzene rings is 2. The third-order valence-electron chi connectivity index (χ3n) is 3.06. The van der Waals surface area contributed by atoms with Gasteiger partial charge < -0.3 is 10.1 Å². The van der Waals surface area contributed by atoms with E-state index in [2.05, 4.69) is 15.4 Å². The van der Waals surface area contributed by atoms with Crippen LogP contribution in [0.3, 0.4) is 0 Å². The average Bonchev–Trinajstić information content (AvgIpc) is 2.61. The van der Waals surface area contributed by atoms with Crippen molar-refractivity contribution in [2.75, 3.05) is 12.4 Å². The van der Waals surface area contributed by atoms with Crippen LogP contribution in [-0.2, 0) is 10.5 Å². The molecule has 2 rings (SSSR count). The molecule has 0 saturated heterocycles. The highest BCUT2D eigenvalue weighted by Crippen LogP contribution is 2.31. The van der Waals surface area contributed by atoms with Crippen molar-refractivity contribution in [2.24, 2.45) is 0 Å². The van der Waals surface area contributed by atoms with Gasteiger partial charge in [0.2, 0.25) is 0 Å². The number of anilines is 1. The Hall–Kier alpha value is -2.65. The molecule has 1 amide bonds. The van der Waals surface area contributed by atoms with Gasteiger partial charge in [0.15, 0.2) is 5.11 Å². The Bertz CT molecular complexity index is 784. The minimum absolute atomic E-state index is 0.0837. The molecule has 7 nitrogen and oxygen atoms in total. The van der Waals surface area contributed by atoms with Crippen molar-refractivity contribution in [1.82, 2.24) is 5.32 Å². The quantitative estimate of drug-likeness (QED) is 0.353. The molecule has 0 heterocycles. The maximum absolute atomic E-state index is 11.3. The zero-order valence-corrected chi connectivity index (χ0v) is 14.9. The van der Waals surface area contributed by atoms with E-state index in [1.54, 1.807) is 12.1 Å². The van der Waals surface area contributed by atoms with Crippen molar-refractivity contribution in [2.45, 2.75) is 10.6 Å². The van der Waals surface area contributed by atoms with Crippen molar-refractivity contribution >= 4 is 46.6 Å². The van der Waals surface area contributed by atoms with Gasteiger partial charge in [-0.3, -0.25) is 15.4 Å². The van der Waals surface area contributed by atoms with E-state index in [0.29, 0.717) is 5.75 Å². The minimum Gasteiger partial charge on any atom is -0.453 e. The largest absolute Gasteiger partial charge is 0.453 e. The molecule has 0 fully saturated rings. The van der Waals surface area contributed by atoms with E-state index in [1.165, 1.54) is 24.9 Å². The number of ether oxygens (including phenoxy) is 1. The minimum atomic E-state index is -0.754. The molecule has 9 heteroatoms. The third kappa shape index (κ3) is 5.73. The molecular weight excluding hydrogens is 362 g/mol. The van der Waals surface area contributed by atoms with Gasteiger partial charge in [-0.25, -0.2) is 4.79 Å². The molecule has 0 unspecified atom stereocenters. The zero-order valence-electron chi connectivity index (χ0n) is 13.2. The number of nitrogens with one attached hydrogen (secondary N) is 2. The summed E-state index contributed by atoms with van der Waals surface area (Å²) in [4.78, 5) is 22.7. The van der Waals surface area contributed by atoms with E-state index in [9.17, 15) is 14.9 Å². The van der Waals surface area contributed by atoms with Crippen LogP contribution < -0.4 is 10.6 Å². The number of nitrogens with zero attached hydrogens (tertiary/aromatic N) is 1. The third-order valence-corrected chi connectivity index (χ3v) is 4.33. The molecule has 0 aliphatic carbocycles. The van der Waals surface area contributed by atoms with E-state index in [-0.39, 0.29) is 16.5 Å². The number of hydrogen-bond donors (Lipinski definition) is 2. The summed E-state index contributed by atoms with van der Waals surface area (Å²) in [6.07, 6.45) is -0.754. The molecular formula is C16H15N3O4S2. The molecule has 2 N–H and O–H groups in total. The second-order valence-corrected chi connectivity index (χ2v) is 6.24. The number of nitro benzene ring substituents is 1. The lowest BCUT2D eigenvalue weighted by Crippen LogP contribution is -2.34. The Morgan fingerprint density at radius 3 is 2.64 bits per heavy atom. The van der Waals surface area contributed by atoms with Gasteiger partial charge in [-0.15, -0.1) is 11.8 Å². The number of carbonyl (C=O) groups excluding carboxylic acids is 1. The SMILES string of the molecule is COC(=O)NC(=S)Nc1ccc(SCc2ccccc2)cc1[N+](=O)[O-]. The molecule has 130 valence electrons. The fourth-order valence-corrected chi connectivity index (χ4v) is 2.97. The van der Waals surface area contributed by atoms with Gasteiger partial charge in [-0.2, -0.15) is 0 Å². The second kappa shape index (κ2) is 9.00. The van der Waals surface area contributed by atoms with Crippen molar-refractivity contribution in [3.05, 3.63) is 64.2 Å². The van der Waals surface area contributed by atoms with E-state index in [1.807, 2.05) is 30.3 Å². The van der Waals surface area contributed by atoms with Crippen LogP contribution in [0.4, 0.5) is 16.2 Å². The Kier molecular flexibility index (Phi) is 6.72. The lowest BCUT2D eigenvalue weighted by atomic mass is 10.2. The van der Waals surface area contributed by atoms with Crippen molar-refractivity contribution in [3.8, 4) is 0 Å². The van der Waals surface area contributed by atoms with Crippen molar-refractivity contribution in [1.29, 1.82) is 0 Å². The summed E-state index contributed by atoms with van der Waals surface area (Å²) < 4.78 is 4.41. The number of amides is 1. The van der Waals surface area contributed by atoms with Gasteiger partial charge in [0.05, 0.1) is 12.0 Å². The number of alkyl carbamates (subject to hydrolysis) is 1. The van der Waals surface area contributed by atoms with Crippen LogP contribution in [-0.4, -0.2) is 23.2 Å². The Balaban J connectivity index is 2.10. The average molecular weight is 377 g/mol. The van der Waals surface area contributed by atoms with E-state index >= 15 is 0 Å². The van der Waals surface area contributed by atoms with Crippen molar-refractivity contribution in [3.63, 3.8) is 0 Å². The van der Waals surface area contributed by atoms with Crippen LogP contribution in [0.2, 0.25) is 0 Å². The van der Waals surface area contributed by atoms with E-state index in [4.69, 9.17) is 12.2 Å². The molecule has 0 aliphatic rings.